The number of aromatic nitrogens is 2. The van der Waals surface area contributed by atoms with Crippen LogP contribution in [0.1, 0.15) is 13.3 Å². The highest BCUT2D eigenvalue weighted by atomic mass is 16.6. The predicted molar refractivity (Wildman–Crippen MR) is 43.6 cm³/mol. The Morgan fingerprint density at radius 2 is 2.62 bits per heavy atom. The lowest BCUT2D eigenvalue weighted by atomic mass is 10.2. The van der Waals surface area contributed by atoms with Gasteiger partial charge < -0.3 is 14.9 Å². The van der Waals surface area contributed by atoms with Crippen LogP contribution in [0.15, 0.2) is 6.20 Å². The van der Waals surface area contributed by atoms with Crippen LogP contribution in [0.3, 0.4) is 0 Å². The maximum absolute atomic E-state index is 10.4. The molecule has 2 rings (SSSR count). The largest absolute Gasteiger partial charge is 0.443 e. The minimum absolute atomic E-state index is 0.0921. The molecule has 0 aliphatic carbocycles. The van der Waals surface area contributed by atoms with Gasteiger partial charge >= 0.3 is 11.8 Å². The molecular formula is C7H9N3O3. The molecule has 0 bridgehead atoms. The lowest BCUT2D eigenvalue weighted by Gasteiger charge is -2.17. The fourth-order valence-corrected chi connectivity index (χ4v) is 1.29. The van der Waals surface area contributed by atoms with Gasteiger partial charge in [0.15, 0.2) is 0 Å². The number of hydrogen-bond donors (Lipinski definition) is 0. The summed E-state index contributed by atoms with van der Waals surface area (Å²) in [6.07, 6.45) is 2.36. The SMILES string of the molecule is C[C@@H]1CCn2cc([N+](=O)[O-])nc2O1. The smallest absolute Gasteiger partial charge is 0.414 e. The Balaban J connectivity index is 2.33. The third kappa shape index (κ3) is 1.34. The van der Waals surface area contributed by atoms with Crippen LogP contribution in [0.2, 0.25) is 0 Å². The van der Waals surface area contributed by atoms with E-state index in [2.05, 4.69) is 4.98 Å². The summed E-state index contributed by atoms with van der Waals surface area (Å²) in [5.74, 6) is -0.149. The van der Waals surface area contributed by atoms with E-state index in [0.29, 0.717) is 6.01 Å². The van der Waals surface area contributed by atoms with Crippen molar-refractivity contribution in [2.75, 3.05) is 0 Å². The number of nitrogens with zero attached hydrogens (tertiary/aromatic N) is 3. The molecular weight excluding hydrogens is 174 g/mol. The van der Waals surface area contributed by atoms with Gasteiger partial charge in [0.1, 0.15) is 12.3 Å². The highest BCUT2D eigenvalue weighted by molar-refractivity contribution is 5.21. The van der Waals surface area contributed by atoms with Gasteiger partial charge in [-0.05, 0) is 11.8 Å². The molecule has 2 heterocycles. The van der Waals surface area contributed by atoms with Crippen LogP contribution < -0.4 is 4.74 Å². The molecule has 0 fully saturated rings. The van der Waals surface area contributed by atoms with E-state index in [4.69, 9.17) is 4.74 Å². The van der Waals surface area contributed by atoms with Gasteiger partial charge in [0.2, 0.25) is 0 Å². The Morgan fingerprint density at radius 3 is 3.31 bits per heavy atom. The molecule has 0 saturated heterocycles. The summed E-state index contributed by atoms with van der Waals surface area (Å²) >= 11 is 0. The van der Waals surface area contributed by atoms with Crippen LogP contribution in [0, 0.1) is 10.1 Å². The van der Waals surface area contributed by atoms with Crippen LogP contribution >= 0.6 is 0 Å². The maximum Gasteiger partial charge on any atom is 0.414 e. The van der Waals surface area contributed by atoms with Crippen LogP contribution in [-0.2, 0) is 6.54 Å². The zero-order valence-electron chi connectivity index (χ0n) is 7.14. The zero-order chi connectivity index (χ0) is 9.42. The molecule has 0 unspecified atom stereocenters. The number of rotatable bonds is 1. The quantitative estimate of drug-likeness (QED) is 0.480. The molecule has 1 aliphatic rings. The highest BCUT2D eigenvalue weighted by Gasteiger charge is 2.25. The lowest BCUT2D eigenvalue weighted by Crippen LogP contribution is -2.22. The van der Waals surface area contributed by atoms with E-state index < -0.39 is 4.92 Å². The number of fused-ring (bicyclic) bond motifs is 1. The first-order valence-electron chi connectivity index (χ1n) is 4.05. The molecule has 6 nitrogen and oxygen atoms in total. The summed E-state index contributed by atoms with van der Waals surface area (Å²) in [5.41, 5.74) is 0. The molecule has 70 valence electrons. The molecule has 1 aliphatic heterocycles. The number of hydrogen-bond acceptors (Lipinski definition) is 4. The Morgan fingerprint density at radius 1 is 1.85 bits per heavy atom. The van der Waals surface area contributed by atoms with Crippen molar-refractivity contribution in [3.8, 4) is 6.01 Å². The van der Waals surface area contributed by atoms with Crippen LogP contribution in [0.5, 0.6) is 6.01 Å². The summed E-state index contributed by atoms with van der Waals surface area (Å²) in [6.45, 7) is 2.65. The standard InChI is InChI=1S/C7H9N3O3/c1-5-2-3-9-4-6(10(11)12)8-7(9)13-5/h4-5H,2-3H2,1H3/t5-/m1/s1. The second-order valence-corrected chi connectivity index (χ2v) is 3.05. The van der Waals surface area contributed by atoms with Gasteiger partial charge in [-0.2, -0.15) is 0 Å². The van der Waals surface area contributed by atoms with E-state index in [9.17, 15) is 10.1 Å². The highest BCUT2D eigenvalue weighted by Crippen LogP contribution is 2.23. The van der Waals surface area contributed by atoms with Crippen LogP contribution in [0.25, 0.3) is 0 Å². The van der Waals surface area contributed by atoms with Crippen LogP contribution in [0.4, 0.5) is 5.82 Å². The number of imidazole rings is 1. The third-order valence-electron chi connectivity index (χ3n) is 2.00. The van der Waals surface area contributed by atoms with Gasteiger partial charge in [0, 0.05) is 17.9 Å². The summed E-state index contributed by atoms with van der Waals surface area (Å²) in [4.78, 5) is 13.6. The summed E-state index contributed by atoms with van der Waals surface area (Å²) in [5, 5.41) is 10.4. The van der Waals surface area contributed by atoms with Crippen molar-refractivity contribution >= 4 is 5.82 Å². The molecule has 0 aromatic carbocycles. The molecule has 1 atom stereocenters. The van der Waals surface area contributed by atoms with Crippen molar-refractivity contribution in [3.63, 3.8) is 0 Å². The van der Waals surface area contributed by atoms with E-state index >= 15 is 0 Å². The minimum atomic E-state index is -0.515. The first-order chi connectivity index (χ1) is 6.16. The number of aryl methyl sites for hydroxylation is 1. The second kappa shape index (κ2) is 2.72. The average Bonchev–Trinajstić information content (AvgIpc) is 2.46. The zero-order valence-corrected chi connectivity index (χ0v) is 7.14. The van der Waals surface area contributed by atoms with Crippen molar-refractivity contribution in [1.29, 1.82) is 0 Å². The minimum Gasteiger partial charge on any atom is -0.443 e. The first kappa shape index (κ1) is 8.03. The predicted octanol–water partition coefficient (Wildman–Crippen LogP) is 0.962. The van der Waals surface area contributed by atoms with Gasteiger partial charge in [0.05, 0.1) is 0 Å². The molecule has 0 saturated carbocycles. The third-order valence-corrected chi connectivity index (χ3v) is 2.00. The molecule has 0 radical (unpaired) electrons. The Labute approximate surface area is 74.3 Å². The fraction of sp³-hybridized carbons (Fsp3) is 0.571. The van der Waals surface area contributed by atoms with Crippen molar-refractivity contribution in [3.05, 3.63) is 16.3 Å². The van der Waals surface area contributed by atoms with Gasteiger partial charge in [-0.1, -0.05) is 0 Å². The van der Waals surface area contributed by atoms with E-state index in [0.717, 1.165) is 13.0 Å². The molecule has 6 heteroatoms. The van der Waals surface area contributed by atoms with Gasteiger partial charge in [-0.15, -0.1) is 0 Å². The van der Waals surface area contributed by atoms with Gasteiger partial charge in [0.25, 0.3) is 0 Å². The first-order valence-corrected chi connectivity index (χ1v) is 4.05. The van der Waals surface area contributed by atoms with Crippen molar-refractivity contribution in [2.45, 2.75) is 26.0 Å². The van der Waals surface area contributed by atoms with E-state index in [1.807, 2.05) is 6.92 Å². The monoisotopic (exact) mass is 183 g/mol. The second-order valence-electron chi connectivity index (χ2n) is 3.05. The van der Waals surface area contributed by atoms with E-state index in [1.54, 1.807) is 4.57 Å². The summed E-state index contributed by atoms with van der Waals surface area (Å²) in [6, 6.07) is 0.352. The van der Waals surface area contributed by atoms with Crippen molar-refractivity contribution < 1.29 is 9.66 Å². The molecule has 13 heavy (non-hydrogen) atoms. The van der Waals surface area contributed by atoms with Gasteiger partial charge in [-0.25, -0.2) is 0 Å². The molecule has 0 N–H and O–H groups in total. The maximum atomic E-state index is 10.4. The number of ether oxygens (including phenoxy) is 1. The molecule has 0 amide bonds. The van der Waals surface area contributed by atoms with Crippen molar-refractivity contribution in [1.82, 2.24) is 9.55 Å². The lowest BCUT2D eigenvalue weighted by molar-refractivity contribution is -0.389. The Bertz CT molecular complexity index is 347. The molecule has 1 aromatic heterocycles. The van der Waals surface area contributed by atoms with Crippen molar-refractivity contribution in [2.24, 2.45) is 0 Å². The number of nitro groups is 1. The van der Waals surface area contributed by atoms with E-state index in [1.165, 1.54) is 6.20 Å². The Hall–Kier alpha value is -1.59. The molecule has 0 spiro atoms. The summed E-state index contributed by atoms with van der Waals surface area (Å²) < 4.78 is 6.97. The average molecular weight is 183 g/mol. The summed E-state index contributed by atoms with van der Waals surface area (Å²) in [7, 11) is 0. The topological polar surface area (TPSA) is 70.2 Å². The van der Waals surface area contributed by atoms with Crippen LogP contribution in [-0.4, -0.2) is 20.6 Å². The normalized spacial score (nSPS) is 20.5. The Kier molecular flexibility index (Phi) is 1.68. The molecule has 1 aromatic rings. The van der Waals surface area contributed by atoms with Gasteiger partial charge in [-0.3, -0.25) is 4.57 Å². The fourth-order valence-electron chi connectivity index (χ4n) is 1.29. The van der Waals surface area contributed by atoms with E-state index in [-0.39, 0.29) is 11.9 Å².